The maximum Gasteiger partial charge on any atom is 0.273 e. The van der Waals surface area contributed by atoms with E-state index in [2.05, 4.69) is 18.3 Å². The van der Waals surface area contributed by atoms with Crippen molar-refractivity contribution in [1.82, 2.24) is 9.27 Å². The Balaban J connectivity index is 2.16. The molecule has 0 saturated heterocycles. The molecule has 0 atom stereocenters. The van der Waals surface area contributed by atoms with Crippen molar-refractivity contribution >= 4 is 21.6 Å². The standard InChI is InChI=1S/C16H16N2OS/c1-2-17-11-12-7-3-5-9-14(12)18-16(19)13-8-4-6-10-15(13)20-18/h3-10,17H,2,11H2,1H3. The molecule has 0 amide bonds. The van der Waals surface area contributed by atoms with Gasteiger partial charge in [-0.25, -0.2) is 3.96 Å². The molecule has 0 aliphatic heterocycles. The first kappa shape index (κ1) is 13.1. The molecule has 102 valence electrons. The zero-order chi connectivity index (χ0) is 13.9. The minimum atomic E-state index is 0.0644. The van der Waals surface area contributed by atoms with Crippen LogP contribution in [0, 0.1) is 0 Å². The number of aromatic nitrogens is 1. The normalized spacial score (nSPS) is 11.1. The molecule has 1 aromatic heterocycles. The van der Waals surface area contributed by atoms with Gasteiger partial charge in [0, 0.05) is 6.54 Å². The molecule has 3 rings (SSSR count). The van der Waals surface area contributed by atoms with Crippen LogP contribution in [-0.2, 0) is 6.54 Å². The van der Waals surface area contributed by atoms with Gasteiger partial charge in [0.25, 0.3) is 5.56 Å². The highest BCUT2D eigenvalue weighted by Gasteiger charge is 2.11. The lowest BCUT2D eigenvalue weighted by Gasteiger charge is -2.09. The van der Waals surface area contributed by atoms with E-state index in [0.717, 1.165) is 34.4 Å². The second-order valence-electron chi connectivity index (χ2n) is 4.60. The number of fused-ring (bicyclic) bond motifs is 1. The Morgan fingerprint density at radius 2 is 1.85 bits per heavy atom. The van der Waals surface area contributed by atoms with Gasteiger partial charge in [-0.05, 0) is 30.3 Å². The molecule has 1 heterocycles. The lowest BCUT2D eigenvalue weighted by molar-refractivity contribution is 0.723. The number of rotatable bonds is 4. The van der Waals surface area contributed by atoms with Crippen LogP contribution in [0.5, 0.6) is 0 Å². The minimum absolute atomic E-state index is 0.0644. The van der Waals surface area contributed by atoms with Gasteiger partial charge in [0.05, 0.1) is 15.8 Å². The van der Waals surface area contributed by atoms with Crippen LogP contribution in [0.3, 0.4) is 0 Å². The summed E-state index contributed by atoms with van der Waals surface area (Å²) in [4.78, 5) is 12.5. The lowest BCUT2D eigenvalue weighted by Crippen LogP contribution is -2.17. The first-order valence-electron chi connectivity index (χ1n) is 6.71. The molecule has 0 unspecified atom stereocenters. The minimum Gasteiger partial charge on any atom is -0.313 e. The van der Waals surface area contributed by atoms with Gasteiger partial charge < -0.3 is 5.32 Å². The maximum absolute atomic E-state index is 12.5. The van der Waals surface area contributed by atoms with Gasteiger partial charge in [-0.15, -0.1) is 0 Å². The van der Waals surface area contributed by atoms with Gasteiger partial charge in [-0.2, -0.15) is 0 Å². The summed E-state index contributed by atoms with van der Waals surface area (Å²) in [6.45, 7) is 3.76. The van der Waals surface area contributed by atoms with E-state index in [4.69, 9.17) is 0 Å². The molecule has 4 heteroatoms. The summed E-state index contributed by atoms with van der Waals surface area (Å²) in [5.41, 5.74) is 2.18. The fourth-order valence-electron chi connectivity index (χ4n) is 2.25. The molecular weight excluding hydrogens is 268 g/mol. The molecular formula is C16H16N2OS. The van der Waals surface area contributed by atoms with E-state index in [1.165, 1.54) is 11.5 Å². The SMILES string of the molecule is CCNCc1ccccc1-n1sc2ccccc2c1=O. The van der Waals surface area contributed by atoms with E-state index in [1.54, 1.807) is 3.96 Å². The smallest absolute Gasteiger partial charge is 0.273 e. The number of nitrogens with zero attached hydrogens (tertiary/aromatic N) is 1. The Morgan fingerprint density at radius 1 is 1.10 bits per heavy atom. The number of hydrogen-bond donors (Lipinski definition) is 1. The van der Waals surface area contributed by atoms with E-state index in [9.17, 15) is 4.79 Å². The van der Waals surface area contributed by atoms with Crippen LogP contribution in [0.15, 0.2) is 53.3 Å². The first-order valence-corrected chi connectivity index (χ1v) is 7.48. The van der Waals surface area contributed by atoms with Gasteiger partial charge in [0.2, 0.25) is 0 Å². The Labute approximate surface area is 121 Å². The zero-order valence-corrected chi connectivity index (χ0v) is 12.1. The molecule has 0 fully saturated rings. The molecule has 3 aromatic rings. The van der Waals surface area contributed by atoms with Gasteiger partial charge >= 0.3 is 0 Å². The summed E-state index contributed by atoms with van der Waals surface area (Å²) in [5.74, 6) is 0. The average molecular weight is 284 g/mol. The van der Waals surface area contributed by atoms with Crippen molar-refractivity contribution < 1.29 is 0 Å². The molecule has 20 heavy (non-hydrogen) atoms. The van der Waals surface area contributed by atoms with Gasteiger partial charge in [0.15, 0.2) is 0 Å². The highest BCUT2D eigenvalue weighted by molar-refractivity contribution is 7.14. The topological polar surface area (TPSA) is 34.0 Å². The van der Waals surface area contributed by atoms with E-state index in [1.807, 2.05) is 42.5 Å². The van der Waals surface area contributed by atoms with Crippen LogP contribution in [0.1, 0.15) is 12.5 Å². The average Bonchev–Trinajstić information content (AvgIpc) is 2.83. The number of benzene rings is 2. The molecule has 3 nitrogen and oxygen atoms in total. The Morgan fingerprint density at radius 3 is 2.65 bits per heavy atom. The monoisotopic (exact) mass is 284 g/mol. The van der Waals surface area contributed by atoms with Crippen molar-refractivity contribution in [3.8, 4) is 5.69 Å². The Hall–Kier alpha value is -1.91. The third kappa shape index (κ3) is 2.28. The second kappa shape index (κ2) is 5.61. The van der Waals surface area contributed by atoms with Crippen LogP contribution in [0.4, 0.5) is 0 Å². The summed E-state index contributed by atoms with van der Waals surface area (Å²) in [7, 11) is 0. The quantitative estimate of drug-likeness (QED) is 0.798. The second-order valence-corrected chi connectivity index (χ2v) is 5.58. The summed E-state index contributed by atoms with van der Waals surface area (Å²) in [6.07, 6.45) is 0. The van der Waals surface area contributed by atoms with Crippen molar-refractivity contribution in [2.75, 3.05) is 6.54 Å². The number of para-hydroxylation sites is 1. The van der Waals surface area contributed by atoms with Crippen LogP contribution in [0.25, 0.3) is 15.8 Å². The van der Waals surface area contributed by atoms with Crippen LogP contribution in [-0.4, -0.2) is 10.5 Å². The molecule has 0 saturated carbocycles. The van der Waals surface area contributed by atoms with Gasteiger partial charge in [-0.3, -0.25) is 4.79 Å². The molecule has 0 bridgehead atoms. The van der Waals surface area contributed by atoms with E-state index in [-0.39, 0.29) is 5.56 Å². The van der Waals surface area contributed by atoms with E-state index < -0.39 is 0 Å². The molecule has 0 spiro atoms. The van der Waals surface area contributed by atoms with Crippen LogP contribution in [0.2, 0.25) is 0 Å². The van der Waals surface area contributed by atoms with Crippen molar-refractivity contribution in [2.45, 2.75) is 13.5 Å². The molecule has 2 aromatic carbocycles. The maximum atomic E-state index is 12.5. The predicted octanol–water partition coefficient (Wildman–Crippen LogP) is 3.16. The zero-order valence-electron chi connectivity index (χ0n) is 11.3. The van der Waals surface area contributed by atoms with Gasteiger partial charge in [-0.1, -0.05) is 48.8 Å². The van der Waals surface area contributed by atoms with Crippen molar-refractivity contribution in [2.24, 2.45) is 0 Å². The molecule has 1 N–H and O–H groups in total. The fourth-order valence-corrected chi connectivity index (χ4v) is 3.30. The molecule has 0 aliphatic rings. The van der Waals surface area contributed by atoms with E-state index in [0.29, 0.717) is 0 Å². The number of hydrogen-bond acceptors (Lipinski definition) is 3. The highest BCUT2D eigenvalue weighted by Crippen LogP contribution is 2.22. The summed E-state index contributed by atoms with van der Waals surface area (Å²) in [5, 5.41) is 4.10. The number of nitrogens with one attached hydrogen (secondary N) is 1. The van der Waals surface area contributed by atoms with E-state index >= 15 is 0 Å². The summed E-state index contributed by atoms with van der Waals surface area (Å²) >= 11 is 1.50. The Bertz CT molecular complexity index is 788. The largest absolute Gasteiger partial charge is 0.313 e. The lowest BCUT2D eigenvalue weighted by atomic mass is 10.2. The summed E-state index contributed by atoms with van der Waals surface area (Å²) < 4.78 is 2.81. The van der Waals surface area contributed by atoms with Crippen LogP contribution < -0.4 is 10.9 Å². The third-order valence-corrected chi connectivity index (χ3v) is 4.37. The first-order chi connectivity index (χ1) is 9.81. The third-order valence-electron chi connectivity index (χ3n) is 3.27. The fraction of sp³-hybridized carbons (Fsp3) is 0.188. The summed E-state index contributed by atoms with van der Waals surface area (Å²) in [6, 6.07) is 15.8. The molecule has 0 aliphatic carbocycles. The highest BCUT2D eigenvalue weighted by atomic mass is 32.1. The van der Waals surface area contributed by atoms with Crippen molar-refractivity contribution in [1.29, 1.82) is 0 Å². The van der Waals surface area contributed by atoms with Gasteiger partial charge in [0.1, 0.15) is 0 Å². The van der Waals surface area contributed by atoms with Crippen molar-refractivity contribution in [3.05, 3.63) is 64.4 Å². The predicted molar refractivity (Wildman–Crippen MR) is 84.8 cm³/mol. The van der Waals surface area contributed by atoms with Crippen molar-refractivity contribution in [3.63, 3.8) is 0 Å². The molecule has 0 radical (unpaired) electrons. The van der Waals surface area contributed by atoms with Crippen LogP contribution >= 0.6 is 11.5 Å². The Kier molecular flexibility index (Phi) is 3.67.